The summed E-state index contributed by atoms with van der Waals surface area (Å²) in [6, 6.07) is 3.53. The van der Waals surface area contributed by atoms with E-state index in [0.717, 1.165) is 16.8 Å². The van der Waals surface area contributed by atoms with Crippen molar-refractivity contribution in [3.8, 4) is 0 Å². The number of benzene rings is 1. The number of nitrogens with zero attached hydrogens (tertiary/aromatic N) is 1. The van der Waals surface area contributed by atoms with Gasteiger partial charge in [-0.3, -0.25) is 0 Å². The molecule has 1 unspecified atom stereocenters. The summed E-state index contributed by atoms with van der Waals surface area (Å²) >= 11 is 1.56. The second-order valence-corrected chi connectivity index (χ2v) is 5.31. The molecule has 0 amide bonds. The van der Waals surface area contributed by atoms with E-state index in [1.54, 1.807) is 11.3 Å². The first kappa shape index (κ1) is 14.1. The van der Waals surface area contributed by atoms with Crippen LogP contribution >= 0.6 is 11.3 Å². The zero-order valence-electron chi connectivity index (χ0n) is 10.9. The largest absolute Gasteiger partial charge is 0.310 e. The van der Waals surface area contributed by atoms with Gasteiger partial charge in [-0.1, -0.05) is 13.0 Å². The molecule has 0 radical (unpaired) electrons. The number of halogens is 2. The lowest BCUT2D eigenvalue weighted by atomic mass is 10.0. The van der Waals surface area contributed by atoms with Crippen LogP contribution in [-0.2, 0) is 6.42 Å². The van der Waals surface area contributed by atoms with Gasteiger partial charge in [0, 0.05) is 35.2 Å². The van der Waals surface area contributed by atoms with Gasteiger partial charge in [0.1, 0.15) is 11.6 Å². The maximum atomic E-state index is 13.8. The van der Waals surface area contributed by atoms with Crippen molar-refractivity contribution >= 4 is 11.3 Å². The molecule has 0 spiro atoms. The van der Waals surface area contributed by atoms with E-state index in [9.17, 15) is 8.78 Å². The molecule has 0 saturated heterocycles. The van der Waals surface area contributed by atoms with Crippen molar-refractivity contribution in [2.75, 3.05) is 6.54 Å². The molecule has 102 valence electrons. The van der Waals surface area contributed by atoms with Gasteiger partial charge < -0.3 is 5.32 Å². The molecule has 1 aromatic heterocycles. The summed E-state index contributed by atoms with van der Waals surface area (Å²) in [6.07, 6.45) is 0.606. The van der Waals surface area contributed by atoms with E-state index in [1.807, 2.05) is 19.2 Å². The van der Waals surface area contributed by atoms with Crippen molar-refractivity contribution in [2.45, 2.75) is 26.3 Å². The van der Waals surface area contributed by atoms with Gasteiger partial charge in [0.25, 0.3) is 0 Å². The highest BCUT2D eigenvalue weighted by Crippen LogP contribution is 2.23. The molecule has 1 atom stereocenters. The lowest BCUT2D eigenvalue weighted by molar-refractivity contribution is 0.501. The number of aromatic nitrogens is 1. The van der Waals surface area contributed by atoms with Gasteiger partial charge in [-0.2, -0.15) is 0 Å². The minimum atomic E-state index is -0.554. The highest BCUT2D eigenvalue weighted by Gasteiger charge is 2.17. The molecule has 2 rings (SSSR count). The number of likely N-dealkylation sites (N-methyl/N-ethyl adjacent to an activating group) is 1. The third kappa shape index (κ3) is 3.58. The molecule has 5 heteroatoms. The first-order chi connectivity index (χ1) is 9.10. The number of rotatable bonds is 5. The van der Waals surface area contributed by atoms with Crippen LogP contribution in [-0.4, -0.2) is 11.5 Å². The van der Waals surface area contributed by atoms with Crippen LogP contribution in [0.4, 0.5) is 8.78 Å². The first-order valence-electron chi connectivity index (χ1n) is 6.19. The molecule has 2 nitrogen and oxygen atoms in total. The van der Waals surface area contributed by atoms with Gasteiger partial charge in [-0.25, -0.2) is 13.8 Å². The molecule has 1 aromatic carbocycles. The van der Waals surface area contributed by atoms with Crippen molar-refractivity contribution in [3.05, 3.63) is 51.5 Å². The summed E-state index contributed by atoms with van der Waals surface area (Å²) in [5.41, 5.74) is 1.45. The molecule has 19 heavy (non-hydrogen) atoms. The maximum absolute atomic E-state index is 13.8. The smallest absolute Gasteiger partial charge is 0.130 e. The van der Waals surface area contributed by atoms with Crippen molar-refractivity contribution in [1.29, 1.82) is 0 Å². The van der Waals surface area contributed by atoms with E-state index in [0.29, 0.717) is 18.5 Å². The molecule has 1 N–H and O–H groups in total. The second-order valence-electron chi connectivity index (χ2n) is 4.36. The Hall–Kier alpha value is -1.33. The van der Waals surface area contributed by atoms with E-state index in [2.05, 4.69) is 10.3 Å². The molecule has 0 aliphatic rings. The van der Waals surface area contributed by atoms with Gasteiger partial charge in [0.15, 0.2) is 0 Å². The van der Waals surface area contributed by atoms with E-state index in [1.165, 1.54) is 12.1 Å². The molecule has 0 saturated carbocycles. The molecular formula is C14H16F2N2S. The average Bonchev–Trinajstić information content (AvgIpc) is 2.74. The quantitative estimate of drug-likeness (QED) is 0.906. The highest BCUT2D eigenvalue weighted by molar-refractivity contribution is 7.09. The van der Waals surface area contributed by atoms with Crippen LogP contribution < -0.4 is 5.32 Å². The first-order valence-corrected chi connectivity index (χ1v) is 7.07. The summed E-state index contributed by atoms with van der Waals surface area (Å²) in [5.74, 6) is -1.07. The van der Waals surface area contributed by atoms with Crippen molar-refractivity contribution in [1.82, 2.24) is 10.3 Å². The van der Waals surface area contributed by atoms with Crippen LogP contribution in [0, 0.1) is 18.6 Å². The SMILES string of the molecule is CCNC(Cc1nc(C)cs1)c1ccc(F)cc1F. The van der Waals surface area contributed by atoms with Crippen LogP contribution in [0.15, 0.2) is 23.6 Å². The lowest BCUT2D eigenvalue weighted by Crippen LogP contribution is -2.24. The monoisotopic (exact) mass is 282 g/mol. The number of hydrogen-bond acceptors (Lipinski definition) is 3. The Balaban J connectivity index is 2.23. The van der Waals surface area contributed by atoms with Gasteiger partial charge >= 0.3 is 0 Å². The van der Waals surface area contributed by atoms with Crippen molar-refractivity contribution < 1.29 is 8.78 Å². The number of nitrogens with one attached hydrogen (secondary N) is 1. The van der Waals surface area contributed by atoms with E-state index in [-0.39, 0.29) is 6.04 Å². The van der Waals surface area contributed by atoms with Gasteiger partial charge in [0.05, 0.1) is 5.01 Å². The van der Waals surface area contributed by atoms with Crippen molar-refractivity contribution in [3.63, 3.8) is 0 Å². The topological polar surface area (TPSA) is 24.9 Å². The normalized spacial score (nSPS) is 12.6. The van der Waals surface area contributed by atoms with Gasteiger partial charge in [-0.05, 0) is 19.5 Å². The third-order valence-corrected chi connectivity index (χ3v) is 3.82. The molecule has 0 aliphatic carbocycles. The summed E-state index contributed by atoms with van der Waals surface area (Å²) in [6.45, 7) is 4.61. The molecule has 2 aromatic rings. The molecule has 0 fully saturated rings. The zero-order valence-corrected chi connectivity index (χ0v) is 11.7. The Kier molecular flexibility index (Phi) is 4.61. The second kappa shape index (κ2) is 6.21. The number of thiazole rings is 1. The van der Waals surface area contributed by atoms with Gasteiger partial charge in [0.2, 0.25) is 0 Å². The highest BCUT2D eigenvalue weighted by atomic mass is 32.1. The summed E-state index contributed by atoms with van der Waals surface area (Å²) in [4.78, 5) is 4.39. The standard InChI is InChI=1S/C14H16F2N2S/c1-3-17-13(7-14-18-9(2)8-19-14)11-5-4-10(15)6-12(11)16/h4-6,8,13,17H,3,7H2,1-2H3. The van der Waals surface area contributed by atoms with Gasteiger partial charge in [-0.15, -0.1) is 11.3 Å². The fraction of sp³-hybridized carbons (Fsp3) is 0.357. The Morgan fingerprint density at radius 3 is 2.74 bits per heavy atom. The lowest BCUT2D eigenvalue weighted by Gasteiger charge is -2.17. The van der Waals surface area contributed by atoms with Crippen LogP contribution in [0.5, 0.6) is 0 Å². The van der Waals surface area contributed by atoms with Crippen molar-refractivity contribution in [2.24, 2.45) is 0 Å². The molecular weight excluding hydrogens is 266 g/mol. The van der Waals surface area contributed by atoms with Crippen LogP contribution in [0.25, 0.3) is 0 Å². The molecule has 0 bridgehead atoms. The predicted molar refractivity (Wildman–Crippen MR) is 73.3 cm³/mol. The van der Waals surface area contributed by atoms with Crippen LogP contribution in [0.2, 0.25) is 0 Å². The molecule has 0 aliphatic heterocycles. The zero-order chi connectivity index (χ0) is 13.8. The fourth-order valence-electron chi connectivity index (χ4n) is 1.99. The summed E-state index contributed by atoms with van der Waals surface area (Å²) < 4.78 is 26.8. The Bertz CT molecular complexity index is 554. The van der Waals surface area contributed by atoms with Crippen LogP contribution in [0.1, 0.15) is 29.2 Å². The van der Waals surface area contributed by atoms with E-state index in [4.69, 9.17) is 0 Å². The van der Waals surface area contributed by atoms with E-state index >= 15 is 0 Å². The van der Waals surface area contributed by atoms with E-state index < -0.39 is 11.6 Å². The minimum Gasteiger partial charge on any atom is -0.310 e. The minimum absolute atomic E-state index is 0.184. The Labute approximate surface area is 115 Å². The maximum Gasteiger partial charge on any atom is 0.130 e. The fourth-order valence-corrected chi connectivity index (χ4v) is 2.81. The third-order valence-electron chi connectivity index (χ3n) is 2.83. The Morgan fingerprint density at radius 2 is 2.16 bits per heavy atom. The van der Waals surface area contributed by atoms with Crippen LogP contribution in [0.3, 0.4) is 0 Å². The summed E-state index contributed by atoms with van der Waals surface area (Å²) in [7, 11) is 0. The molecule has 1 heterocycles. The Morgan fingerprint density at radius 1 is 1.37 bits per heavy atom. The predicted octanol–water partition coefficient (Wildman–Crippen LogP) is 3.62. The average molecular weight is 282 g/mol. The summed E-state index contributed by atoms with van der Waals surface area (Å²) in [5, 5.41) is 6.14. The number of hydrogen-bond donors (Lipinski definition) is 1. The number of aryl methyl sites for hydroxylation is 1.